The Morgan fingerprint density at radius 2 is 2.16 bits per heavy atom. The van der Waals surface area contributed by atoms with E-state index in [1.807, 2.05) is 44.4 Å². The number of hydrogen-bond acceptors (Lipinski definition) is 3. The lowest BCUT2D eigenvalue weighted by molar-refractivity contribution is 0.664. The SMILES string of the molecule is Cc1nccn1CCN(C)c1ccccc1C(=N)N. The molecule has 0 saturated heterocycles. The van der Waals surface area contributed by atoms with Crippen LogP contribution in [0.1, 0.15) is 11.4 Å². The number of likely N-dealkylation sites (N-methyl/N-ethyl adjacent to an activating group) is 1. The van der Waals surface area contributed by atoms with Gasteiger partial charge in [0.25, 0.3) is 0 Å². The van der Waals surface area contributed by atoms with Gasteiger partial charge in [-0.25, -0.2) is 4.98 Å². The average molecular weight is 257 g/mol. The number of para-hydroxylation sites is 1. The fourth-order valence-corrected chi connectivity index (χ4v) is 2.05. The molecule has 0 aliphatic heterocycles. The first-order valence-electron chi connectivity index (χ1n) is 6.22. The van der Waals surface area contributed by atoms with Crippen LogP contribution in [-0.2, 0) is 6.54 Å². The molecule has 100 valence electrons. The molecule has 0 fully saturated rings. The number of nitrogen functional groups attached to an aromatic ring is 1. The maximum atomic E-state index is 7.61. The summed E-state index contributed by atoms with van der Waals surface area (Å²) >= 11 is 0. The van der Waals surface area contributed by atoms with E-state index in [9.17, 15) is 0 Å². The highest BCUT2D eigenvalue weighted by molar-refractivity contribution is 6.00. The standard InChI is InChI=1S/C14H19N5/c1-11-17-7-8-19(11)10-9-18(2)13-6-4-3-5-12(13)14(15)16/h3-8H,9-10H2,1-2H3,(H3,15,16). The summed E-state index contributed by atoms with van der Waals surface area (Å²) in [4.78, 5) is 6.31. The van der Waals surface area contributed by atoms with Gasteiger partial charge in [-0.15, -0.1) is 0 Å². The number of nitrogens with two attached hydrogens (primary N) is 1. The summed E-state index contributed by atoms with van der Waals surface area (Å²) in [6, 6.07) is 7.71. The van der Waals surface area contributed by atoms with Crippen LogP contribution in [0, 0.1) is 12.3 Å². The normalized spacial score (nSPS) is 10.4. The smallest absolute Gasteiger partial charge is 0.124 e. The molecule has 5 nitrogen and oxygen atoms in total. The van der Waals surface area contributed by atoms with Gasteiger partial charge in [0.15, 0.2) is 0 Å². The quantitative estimate of drug-likeness (QED) is 0.631. The fourth-order valence-electron chi connectivity index (χ4n) is 2.05. The van der Waals surface area contributed by atoms with Crippen LogP contribution in [0.4, 0.5) is 5.69 Å². The molecule has 1 heterocycles. The van der Waals surface area contributed by atoms with Crippen molar-refractivity contribution in [1.29, 1.82) is 5.41 Å². The lowest BCUT2D eigenvalue weighted by atomic mass is 10.1. The monoisotopic (exact) mass is 257 g/mol. The molecule has 0 bridgehead atoms. The molecule has 1 aromatic heterocycles. The summed E-state index contributed by atoms with van der Waals surface area (Å²) in [5, 5.41) is 7.61. The first kappa shape index (κ1) is 13.1. The third-order valence-corrected chi connectivity index (χ3v) is 3.21. The topological polar surface area (TPSA) is 70.9 Å². The van der Waals surface area contributed by atoms with E-state index in [1.54, 1.807) is 6.20 Å². The summed E-state index contributed by atoms with van der Waals surface area (Å²) < 4.78 is 2.10. The van der Waals surface area contributed by atoms with Crippen LogP contribution in [0.25, 0.3) is 0 Å². The molecule has 2 aromatic rings. The zero-order chi connectivity index (χ0) is 13.8. The van der Waals surface area contributed by atoms with Crippen LogP contribution in [-0.4, -0.2) is 29.0 Å². The van der Waals surface area contributed by atoms with Crippen LogP contribution in [0.3, 0.4) is 0 Å². The van der Waals surface area contributed by atoms with Crippen molar-refractivity contribution in [3.63, 3.8) is 0 Å². The van der Waals surface area contributed by atoms with Crippen LogP contribution in [0.5, 0.6) is 0 Å². The third-order valence-electron chi connectivity index (χ3n) is 3.21. The molecule has 0 radical (unpaired) electrons. The number of amidine groups is 1. The lowest BCUT2D eigenvalue weighted by Gasteiger charge is -2.22. The van der Waals surface area contributed by atoms with Crippen molar-refractivity contribution in [2.45, 2.75) is 13.5 Å². The second kappa shape index (κ2) is 5.56. The number of benzene rings is 1. The number of nitrogens with zero attached hydrogens (tertiary/aromatic N) is 3. The minimum Gasteiger partial charge on any atom is -0.384 e. The third kappa shape index (κ3) is 2.93. The zero-order valence-electron chi connectivity index (χ0n) is 11.3. The number of imidazole rings is 1. The Bertz CT molecular complexity index is 573. The van der Waals surface area contributed by atoms with Gasteiger partial charge < -0.3 is 15.2 Å². The number of anilines is 1. The molecule has 0 amide bonds. The van der Waals surface area contributed by atoms with Gasteiger partial charge >= 0.3 is 0 Å². The largest absolute Gasteiger partial charge is 0.384 e. The van der Waals surface area contributed by atoms with Crippen molar-refractivity contribution in [3.05, 3.63) is 48.0 Å². The number of aryl methyl sites for hydroxylation is 1. The molecule has 1 aromatic carbocycles. The maximum absolute atomic E-state index is 7.61. The fraction of sp³-hybridized carbons (Fsp3) is 0.286. The second-order valence-corrected chi connectivity index (χ2v) is 4.52. The summed E-state index contributed by atoms with van der Waals surface area (Å²) in [7, 11) is 2.01. The molecular weight excluding hydrogens is 238 g/mol. The van der Waals surface area contributed by atoms with E-state index < -0.39 is 0 Å². The molecule has 0 unspecified atom stereocenters. The lowest BCUT2D eigenvalue weighted by Crippen LogP contribution is -2.26. The minimum absolute atomic E-state index is 0.0984. The summed E-state index contributed by atoms with van der Waals surface area (Å²) in [5.74, 6) is 1.11. The van der Waals surface area contributed by atoms with E-state index in [0.717, 1.165) is 30.2 Å². The zero-order valence-corrected chi connectivity index (χ0v) is 11.3. The molecule has 0 spiro atoms. The predicted molar refractivity (Wildman–Crippen MR) is 77.7 cm³/mol. The van der Waals surface area contributed by atoms with Crippen molar-refractivity contribution >= 4 is 11.5 Å². The number of hydrogen-bond donors (Lipinski definition) is 2. The first-order valence-corrected chi connectivity index (χ1v) is 6.22. The Hall–Kier alpha value is -2.30. The van der Waals surface area contributed by atoms with Crippen LogP contribution >= 0.6 is 0 Å². The van der Waals surface area contributed by atoms with Crippen molar-refractivity contribution < 1.29 is 0 Å². The minimum atomic E-state index is 0.0984. The van der Waals surface area contributed by atoms with Gasteiger partial charge in [0.2, 0.25) is 0 Å². The van der Waals surface area contributed by atoms with E-state index in [1.165, 1.54) is 0 Å². The van der Waals surface area contributed by atoms with Crippen molar-refractivity contribution in [2.75, 3.05) is 18.5 Å². The average Bonchev–Trinajstić information content (AvgIpc) is 2.81. The van der Waals surface area contributed by atoms with Gasteiger partial charge in [-0.2, -0.15) is 0 Å². The van der Waals surface area contributed by atoms with E-state index in [2.05, 4.69) is 14.5 Å². The van der Waals surface area contributed by atoms with Crippen LogP contribution < -0.4 is 10.6 Å². The van der Waals surface area contributed by atoms with Crippen LogP contribution in [0.15, 0.2) is 36.7 Å². The molecule has 3 N–H and O–H groups in total. The van der Waals surface area contributed by atoms with Crippen LogP contribution in [0.2, 0.25) is 0 Å². The Morgan fingerprint density at radius 1 is 1.42 bits per heavy atom. The Kier molecular flexibility index (Phi) is 3.85. The van der Waals surface area contributed by atoms with Crippen molar-refractivity contribution in [1.82, 2.24) is 9.55 Å². The van der Waals surface area contributed by atoms with E-state index in [-0.39, 0.29) is 5.84 Å². The van der Waals surface area contributed by atoms with Gasteiger partial charge in [-0.05, 0) is 19.1 Å². The summed E-state index contributed by atoms with van der Waals surface area (Å²) in [6.07, 6.45) is 3.78. The summed E-state index contributed by atoms with van der Waals surface area (Å²) in [5.41, 5.74) is 7.36. The molecule has 0 saturated carbocycles. The first-order chi connectivity index (χ1) is 9.09. The highest BCUT2D eigenvalue weighted by atomic mass is 15.1. The number of nitrogens with one attached hydrogen (secondary N) is 1. The molecule has 5 heteroatoms. The molecule has 0 aliphatic carbocycles. The van der Waals surface area contributed by atoms with Crippen molar-refractivity contribution in [2.24, 2.45) is 5.73 Å². The predicted octanol–water partition coefficient (Wildman–Crippen LogP) is 1.61. The van der Waals surface area contributed by atoms with Gasteiger partial charge in [-0.1, -0.05) is 12.1 Å². The van der Waals surface area contributed by atoms with Crippen molar-refractivity contribution in [3.8, 4) is 0 Å². The van der Waals surface area contributed by atoms with E-state index in [0.29, 0.717) is 0 Å². The highest BCUT2D eigenvalue weighted by Gasteiger charge is 2.09. The second-order valence-electron chi connectivity index (χ2n) is 4.52. The van der Waals surface area contributed by atoms with Gasteiger partial charge in [0, 0.05) is 43.8 Å². The number of rotatable bonds is 5. The van der Waals surface area contributed by atoms with E-state index >= 15 is 0 Å². The maximum Gasteiger partial charge on any atom is 0.124 e. The Labute approximate surface area is 113 Å². The van der Waals surface area contributed by atoms with Gasteiger partial charge in [0.1, 0.15) is 11.7 Å². The highest BCUT2D eigenvalue weighted by Crippen LogP contribution is 2.18. The number of aromatic nitrogens is 2. The Morgan fingerprint density at radius 3 is 2.79 bits per heavy atom. The molecule has 0 atom stereocenters. The molecule has 19 heavy (non-hydrogen) atoms. The molecular formula is C14H19N5. The molecule has 2 rings (SSSR count). The summed E-state index contributed by atoms with van der Waals surface area (Å²) in [6.45, 7) is 3.68. The Balaban J connectivity index is 2.10. The molecule has 0 aliphatic rings. The van der Waals surface area contributed by atoms with Gasteiger partial charge in [0.05, 0.1) is 0 Å². The van der Waals surface area contributed by atoms with Gasteiger partial charge in [-0.3, -0.25) is 5.41 Å². The van der Waals surface area contributed by atoms with E-state index in [4.69, 9.17) is 11.1 Å².